The fourth-order valence-corrected chi connectivity index (χ4v) is 1.79. The third-order valence-corrected chi connectivity index (χ3v) is 2.84. The number of aliphatic hydroxyl groups is 1. The van der Waals surface area contributed by atoms with E-state index in [1.165, 1.54) is 5.57 Å². The summed E-state index contributed by atoms with van der Waals surface area (Å²) in [5, 5.41) is 8.98. The largest absolute Gasteiger partial charge is 0.396 e. The maximum absolute atomic E-state index is 8.98. The fourth-order valence-electron chi connectivity index (χ4n) is 1.79. The van der Waals surface area contributed by atoms with Crippen LogP contribution in [0.5, 0.6) is 0 Å². The molecule has 1 aliphatic rings. The minimum Gasteiger partial charge on any atom is -0.396 e. The second-order valence-corrected chi connectivity index (χ2v) is 4.08. The Balaban J connectivity index is 2.09. The lowest BCUT2D eigenvalue weighted by Gasteiger charge is -1.98. The van der Waals surface area contributed by atoms with Crippen molar-refractivity contribution in [1.82, 2.24) is 19.5 Å². The van der Waals surface area contributed by atoms with Crippen molar-refractivity contribution in [1.29, 1.82) is 0 Å². The first-order valence-electron chi connectivity index (χ1n) is 5.26. The van der Waals surface area contributed by atoms with Crippen LogP contribution in [0.4, 0.5) is 11.8 Å². The Morgan fingerprint density at radius 3 is 3.00 bits per heavy atom. The van der Waals surface area contributed by atoms with E-state index in [1.807, 2.05) is 6.20 Å². The molecule has 7 nitrogen and oxygen atoms in total. The molecule has 17 heavy (non-hydrogen) atoms. The molecule has 0 aliphatic heterocycles. The van der Waals surface area contributed by atoms with Gasteiger partial charge in [-0.05, 0) is 12.0 Å². The van der Waals surface area contributed by atoms with E-state index in [2.05, 4.69) is 15.0 Å². The molecule has 1 saturated carbocycles. The number of hydrogen-bond donors (Lipinski definition) is 3. The lowest BCUT2D eigenvalue weighted by molar-refractivity contribution is 0.281. The quantitative estimate of drug-likeness (QED) is 0.662. The molecule has 5 N–H and O–H groups in total. The van der Waals surface area contributed by atoms with Crippen LogP contribution in [0.2, 0.25) is 0 Å². The number of aromatic nitrogens is 4. The molecule has 2 heterocycles. The van der Waals surface area contributed by atoms with Crippen molar-refractivity contribution in [3.63, 3.8) is 0 Å². The molecule has 7 heteroatoms. The molecule has 0 aromatic carbocycles. The number of fused-ring (bicyclic) bond motifs is 1. The molecule has 1 atom stereocenters. The summed E-state index contributed by atoms with van der Waals surface area (Å²) in [6.07, 6.45) is 4.43. The van der Waals surface area contributed by atoms with E-state index >= 15 is 0 Å². The van der Waals surface area contributed by atoms with E-state index in [1.54, 1.807) is 10.9 Å². The first-order chi connectivity index (χ1) is 8.19. The van der Waals surface area contributed by atoms with Gasteiger partial charge >= 0.3 is 0 Å². The Bertz CT molecular complexity index is 617. The van der Waals surface area contributed by atoms with Crippen LogP contribution in [0.1, 0.15) is 6.42 Å². The monoisotopic (exact) mass is 232 g/mol. The highest BCUT2D eigenvalue weighted by atomic mass is 16.3. The maximum atomic E-state index is 8.98. The van der Waals surface area contributed by atoms with Crippen LogP contribution in [0.3, 0.4) is 0 Å². The number of hydrogen-bond acceptors (Lipinski definition) is 6. The van der Waals surface area contributed by atoms with E-state index in [-0.39, 0.29) is 24.3 Å². The zero-order valence-corrected chi connectivity index (χ0v) is 9.04. The highest BCUT2D eigenvalue weighted by Crippen LogP contribution is 2.37. The van der Waals surface area contributed by atoms with Gasteiger partial charge in [0.15, 0.2) is 17.0 Å². The van der Waals surface area contributed by atoms with Gasteiger partial charge in [0.2, 0.25) is 5.95 Å². The van der Waals surface area contributed by atoms with Crippen molar-refractivity contribution in [2.75, 3.05) is 18.1 Å². The predicted molar refractivity (Wildman–Crippen MR) is 63.6 cm³/mol. The van der Waals surface area contributed by atoms with Gasteiger partial charge in [0.05, 0.1) is 0 Å². The highest BCUT2D eigenvalue weighted by Gasteiger charge is 2.28. The molecule has 1 fully saturated rings. The maximum Gasteiger partial charge on any atom is 0.224 e. The zero-order chi connectivity index (χ0) is 12.0. The molecule has 0 bridgehead atoms. The summed E-state index contributed by atoms with van der Waals surface area (Å²) < 4.78 is 1.76. The molecule has 0 radical (unpaired) electrons. The SMILES string of the molecule is Nc1nc(N)c2ncn(/C=C3/CC3CO)c2n1. The van der Waals surface area contributed by atoms with Crippen LogP contribution < -0.4 is 11.5 Å². The zero-order valence-electron chi connectivity index (χ0n) is 9.04. The van der Waals surface area contributed by atoms with E-state index in [0.29, 0.717) is 11.2 Å². The van der Waals surface area contributed by atoms with Crippen LogP contribution in [-0.4, -0.2) is 31.2 Å². The first kappa shape index (κ1) is 10.0. The average molecular weight is 232 g/mol. The van der Waals surface area contributed by atoms with E-state index in [0.717, 1.165) is 6.42 Å². The number of imidazole rings is 1. The molecular formula is C10H12N6O. The smallest absolute Gasteiger partial charge is 0.224 e. The van der Waals surface area contributed by atoms with Crippen molar-refractivity contribution in [3.8, 4) is 0 Å². The van der Waals surface area contributed by atoms with Crippen LogP contribution in [-0.2, 0) is 0 Å². The van der Waals surface area contributed by atoms with Crippen LogP contribution in [0.25, 0.3) is 17.4 Å². The van der Waals surface area contributed by atoms with Gasteiger partial charge in [-0.1, -0.05) is 0 Å². The van der Waals surface area contributed by atoms with Crippen LogP contribution in [0, 0.1) is 5.92 Å². The summed E-state index contributed by atoms with van der Waals surface area (Å²) >= 11 is 0. The van der Waals surface area contributed by atoms with Gasteiger partial charge in [0.1, 0.15) is 6.33 Å². The number of nitrogen functional groups attached to an aromatic ring is 2. The lowest BCUT2D eigenvalue weighted by atomic mass is 10.4. The lowest BCUT2D eigenvalue weighted by Crippen LogP contribution is -2.01. The average Bonchev–Trinajstić information content (AvgIpc) is 2.92. The summed E-state index contributed by atoms with van der Waals surface area (Å²) in [5.74, 6) is 0.674. The molecule has 3 rings (SSSR count). The van der Waals surface area contributed by atoms with Gasteiger partial charge in [-0.15, -0.1) is 0 Å². The van der Waals surface area contributed by atoms with E-state index in [4.69, 9.17) is 16.6 Å². The summed E-state index contributed by atoms with van der Waals surface area (Å²) in [7, 11) is 0. The van der Waals surface area contributed by atoms with Crippen LogP contribution >= 0.6 is 0 Å². The van der Waals surface area contributed by atoms with Crippen molar-refractivity contribution >= 4 is 29.1 Å². The van der Waals surface area contributed by atoms with Crippen molar-refractivity contribution in [2.24, 2.45) is 5.92 Å². The standard InChI is InChI=1S/C10H12N6O/c11-8-7-9(15-10(12)14-8)16(4-13-7)2-5-1-6(5)3-17/h2,4,6,17H,1,3H2,(H4,11,12,14,15)/b5-2-. The molecule has 2 aromatic rings. The molecule has 0 saturated heterocycles. The van der Waals surface area contributed by atoms with Gasteiger partial charge in [-0.3, -0.25) is 4.57 Å². The number of aliphatic hydroxyl groups excluding tert-OH is 1. The topological polar surface area (TPSA) is 116 Å². The Hall–Kier alpha value is -2.15. The predicted octanol–water partition coefficient (Wildman–Crippen LogP) is -0.156. The van der Waals surface area contributed by atoms with Crippen molar-refractivity contribution in [3.05, 3.63) is 11.9 Å². The van der Waals surface area contributed by atoms with Gasteiger partial charge in [-0.25, -0.2) is 4.98 Å². The van der Waals surface area contributed by atoms with Crippen LogP contribution in [0.15, 0.2) is 11.9 Å². The normalized spacial score (nSPS) is 21.2. The molecule has 88 valence electrons. The first-order valence-corrected chi connectivity index (χ1v) is 5.26. The van der Waals surface area contributed by atoms with Crippen molar-refractivity contribution < 1.29 is 5.11 Å². The summed E-state index contributed by atoms with van der Waals surface area (Å²) in [6, 6.07) is 0. The third kappa shape index (κ3) is 1.60. The van der Waals surface area contributed by atoms with Gasteiger partial charge in [0, 0.05) is 18.7 Å². The molecule has 1 aliphatic carbocycles. The molecule has 0 amide bonds. The Morgan fingerprint density at radius 1 is 1.47 bits per heavy atom. The number of anilines is 2. The van der Waals surface area contributed by atoms with Gasteiger partial charge in [0.25, 0.3) is 0 Å². The molecule has 2 aromatic heterocycles. The molecule has 1 unspecified atom stereocenters. The summed E-state index contributed by atoms with van der Waals surface area (Å²) in [6.45, 7) is 0.178. The number of nitrogens with zero attached hydrogens (tertiary/aromatic N) is 4. The van der Waals surface area contributed by atoms with Gasteiger partial charge < -0.3 is 16.6 Å². The van der Waals surface area contributed by atoms with Gasteiger partial charge in [-0.2, -0.15) is 9.97 Å². The minimum atomic E-state index is 0.129. The summed E-state index contributed by atoms with van der Waals surface area (Å²) in [5.41, 5.74) is 13.5. The number of rotatable bonds is 2. The van der Waals surface area contributed by atoms with Crippen molar-refractivity contribution in [2.45, 2.75) is 6.42 Å². The Morgan fingerprint density at radius 2 is 2.29 bits per heavy atom. The molecule has 0 spiro atoms. The number of nitrogens with two attached hydrogens (primary N) is 2. The second-order valence-electron chi connectivity index (χ2n) is 4.08. The van der Waals surface area contributed by atoms with E-state index < -0.39 is 0 Å². The van der Waals surface area contributed by atoms with E-state index in [9.17, 15) is 0 Å². The summed E-state index contributed by atoms with van der Waals surface area (Å²) in [4.78, 5) is 12.1. The minimum absolute atomic E-state index is 0.129. The highest BCUT2D eigenvalue weighted by molar-refractivity contribution is 5.84. The molecular weight excluding hydrogens is 220 g/mol. The second kappa shape index (κ2) is 3.42. The Kier molecular flexibility index (Phi) is 2.02. The third-order valence-electron chi connectivity index (χ3n) is 2.84. The Labute approximate surface area is 96.8 Å². The fraction of sp³-hybridized carbons (Fsp3) is 0.300.